The monoisotopic (exact) mass is 340 g/mol. The average molecular weight is 340 g/mol. The van der Waals surface area contributed by atoms with Gasteiger partial charge in [0.2, 0.25) is 0 Å². The summed E-state index contributed by atoms with van der Waals surface area (Å²) in [5, 5.41) is 18.8. The molecule has 2 aromatic heterocycles. The van der Waals surface area contributed by atoms with Gasteiger partial charge in [0.05, 0.1) is 11.3 Å². The summed E-state index contributed by atoms with van der Waals surface area (Å²) >= 11 is 0. The fourth-order valence-electron chi connectivity index (χ4n) is 5.94. The van der Waals surface area contributed by atoms with E-state index in [-0.39, 0.29) is 0 Å². The maximum atomic E-state index is 11.2. The van der Waals surface area contributed by atoms with Gasteiger partial charge >= 0.3 is 0 Å². The van der Waals surface area contributed by atoms with Crippen molar-refractivity contribution in [3.63, 3.8) is 0 Å². The number of hydrogen-bond donors (Lipinski definition) is 3. The number of fused-ring (bicyclic) bond motifs is 1. The van der Waals surface area contributed by atoms with Gasteiger partial charge in [-0.15, -0.1) is 0 Å². The van der Waals surface area contributed by atoms with Gasteiger partial charge in [0.15, 0.2) is 0 Å². The predicted molar refractivity (Wildman–Crippen MR) is 96.2 cm³/mol. The third-order valence-corrected chi connectivity index (χ3v) is 6.78. The van der Waals surface area contributed by atoms with Crippen LogP contribution in [-0.4, -0.2) is 26.7 Å². The van der Waals surface area contributed by atoms with Gasteiger partial charge in [-0.05, 0) is 62.8 Å². The zero-order valence-electron chi connectivity index (χ0n) is 14.4. The van der Waals surface area contributed by atoms with Gasteiger partial charge in [0, 0.05) is 29.4 Å². The summed E-state index contributed by atoms with van der Waals surface area (Å²) in [7, 11) is 0. The molecule has 0 spiro atoms. The lowest BCUT2D eigenvalue weighted by Gasteiger charge is -2.58. The number of nitroso groups, excluding NO2 is 1. The first kappa shape index (κ1) is 15.3. The fourth-order valence-corrected chi connectivity index (χ4v) is 5.94. The van der Waals surface area contributed by atoms with Gasteiger partial charge in [0.1, 0.15) is 11.7 Å². The highest BCUT2D eigenvalue weighted by Gasteiger charge is 2.54. The molecule has 4 saturated carbocycles. The number of aromatic nitrogens is 2. The number of pyridine rings is 1. The topological polar surface area (TPSA) is 90.4 Å². The van der Waals surface area contributed by atoms with Crippen molar-refractivity contribution < 1.29 is 5.11 Å². The molecule has 4 bridgehead atoms. The number of H-pyrrole nitrogens is 1. The molecule has 132 valence electrons. The van der Waals surface area contributed by atoms with Crippen LogP contribution in [0.2, 0.25) is 0 Å². The first-order valence-corrected chi connectivity index (χ1v) is 9.34. The van der Waals surface area contributed by atoms with E-state index in [0.717, 1.165) is 41.5 Å². The van der Waals surface area contributed by atoms with Crippen molar-refractivity contribution in [1.82, 2.24) is 9.97 Å². The normalized spacial score (nSPS) is 37.4. The van der Waals surface area contributed by atoms with Crippen LogP contribution >= 0.6 is 0 Å². The molecule has 6 nitrogen and oxygen atoms in total. The summed E-state index contributed by atoms with van der Waals surface area (Å²) in [5.74, 6) is 1.69. The van der Waals surface area contributed by atoms with Crippen LogP contribution in [0.15, 0.2) is 23.6 Å². The number of nitrogens with zero attached hydrogens (tertiary/aromatic N) is 2. The Labute approximate surface area is 146 Å². The van der Waals surface area contributed by atoms with Gasteiger partial charge in [-0.1, -0.05) is 5.18 Å². The van der Waals surface area contributed by atoms with Crippen molar-refractivity contribution in [3.05, 3.63) is 28.9 Å². The molecule has 4 aliphatic rings. The Bertz CT molecular complexity index is 816. The summed E-state index contributed by atoms with van der Waals surface area (Å²) in [6.45, 7) is 1.81. The molecule has 4 fully saturated rings. The van der Waals surface area contributed by atoms with E-state index in [1.807, 2.05) is 19.2 Å². The van der Waals surface area contributed by atoms with Crippen LogP contribution in [0.25, 0.3) is 11.0 Å². The minimum atomic E-state index is -0.435. The quantitative estimate of drug-likeness (QED) is 0.740. The van der Waals surface area contributed by atoms with Gasteiger partial charge in [-0.3, -0.25) is 0 Å². The van der Waals surface area contributed by atoms with E-state index < -0.39 is 11.6 Å². The van der Waals surface area contributed by atoms with Crippen molar-refractivity contribution >= 4 is 16.7 Å². The van der Waals surface area contributed by atoms with Crippen LogP contribution in [0, 0.1) is 22.7 Å². The molecule has 3 atom stereocenters. The third kappa shape index (κ3) is 2.30. The highest BCUT2D eigenvalue weighted by molar-refractivity contribution is 5.91. The molecular formula is C19H24N4O2. The van der Waals surface area contributed by atoms with E-state index in [9.17, 15) is 10.0 Å². The molecule has 25 heavy (non-hydrogen) atoms. The summed E-state index contributed by atoms with van der Waals surface area (Å²) in [6, 6.07) is 1.93. The Morgan fingerprint density at radius 3 is 2.80 bits per heavy atom. The second-order valence-electron chi connectivity index (χ2n) is 8.47. The number of anilines is 1. The second-order valence-corrected chi connectivity index (χ2v) is 8.47. The smallest absolute Gasteiger partial charge is 0.139 e. The maximum absolute atomic E-state index is 11.2. The zero-order chi connectivity index (χ0) is 17.2. The van der Waals surface area contributed by atoms with Gasteiger partial charge in [-0.2, -0.15) is 4.91 Å². The van der Waals surface area contributed by atoms with E-state index in [1.54, 1.807) is 6.20 Å². The van der Waals surface area contributed by atoms with Crippen molar-refractivity contribution in [2.45, 2.75) is 56.7 Å². The maximum Gasteiger partial charge on any atom is 0.139 e. The van der Waals surface area contributed by atoms with Crippen molar-refractivity contribution in [1.29, 1.82) is 0 Å². The molecule has 0 saturated heterocycles. The molecule has 6 heteroatoms. The van der Waals surface area contributed by atoms with E-state index in [2.05, 4.69) is 20.5 Å². The average Bonchev–Trinajstić information content (AvgIpc) is 3.04. The zero-order valence-corrected chi connectivity index (χ0v) is 14.4. The number of hydrogen-bond acceptors (Lipinski definition) is 5. The molecule has 0 aromatic carbocycles. The molecule has 0 aliphatic heterocycles. The third-order valence-electron chi connectivity index (χ3n) is 6.78. The minimum absolute atomic E-state index is 0.356. The Hall–Kier alpha value is -1.95. The highest BCUT2D eigenvalue weighted by Crippen LogP contribution is 2.56. The van der Waals surface area contributed by atoms with Crippen LogP contribution in [0.5, 0.6) is 0 Å². The molecule has 3 unspecified atom stereocenters. The number of nitrogens with one attached hydrogen (secondary N) is 2. The molecule has 6 rings (SSSR count). The lowest BCUT2D eigenvalue weighted by atomic mass is 9.52. The Morgan fingerprint density at radius 2 is 2.12 bits per heavy atom. The molecule has 0 amide bonds. The first-order valence-electron chi connectivity index (χ1n) is 9.34. The lowest BCUT2D eigenvalue weighted by molar-refractivity contribution is -0.129. The SMILES string of the molecule is CC(N=O)c1cnc2[nH]ccc2c1NC1C2CC3CC1CC(O)(C3)C2. The van der Waals surface area contributed by atoms with Crippen LogP contribution in [-0.2, 0) is 0 Å². The standard InChI is InChI=1S/C19H24N4O2/c1-10(23-25)15-9-21-18-14(2-3-20-18)17(15)22-16-12-4-11-5-13(16)8-19(24,6-11)7-12/h2-3,9-13,16,24H,4-8H2,1H3,(H2,20,21,22). The molecule has 2 aromatic rings. The largest absolute Gasteiger partial charge is 0.390 e. The molecular weight excluding hydrogens is 316 g/mol. The number of aromatic amines is 1. The van der Waals surface area contributed by atoms with Crippen LogP contribution in [0.4, 0.5) is 5.69 Å². The second kappa shape index (κ2) is 5.27. The number of rotatable bonds is 4. The molecule has 3 N–H and O–H groups in total. The summed E-state index contributed by atoms with van der Waals surface area (Å²) < 4.78 is 0. The fraction of sp³-hybridized carbons (Fsp3) is 0.632. The summed E-state index contributed by atoms with van der Waals surface area (Å²) in [5.41, 5.74) is 2.24. The van der Waals surface area contributed by atoms with Crippen molar-refractivity contribution in [3.8, 4) is 0 Å². The van der Waals surface area contributed by atoms with Crippen LogP contribution in [0.1, 0.15) is 50.6 Å². The molecule has 4 aliphatic carbocycles. The molecule has 2 heterocycles. The summed E-state index contributed by atoms with van der Waals surface area (Å²) in [6.07, 6.45) is 8.83. The van der Waals surface area contributed by atoms with E-state index in [1.165, 1.54) is 12.8 Å². The number of aliphatic hydroxyl groups is 1. The van der Waals surface area contributed by atoms with Crippen LogP contribution < -0.4 is 5.32 Å². The predicted octanol–water partition coefficient (Wildman–Crippen LogP) is 3.74. The Balaban J connectivity index is 1.54. The van der Waals surface area contributed by atoms with E-state index in [0.29, 0.717) is 23.8 Å². The van der Waals surface area contributed by atoms with Crippen molar-refractivity contribution in [2.75, 3.05) is 5.32 Å². The van der Waals surface area contributed by atoms with Gasteiger partial charge in [-0.25, -0.2) is 4.98 Å². The van der Waals surface area contributed by atoms with Gasteiger partial charge in [0.25, 0.3) is 0 Å². The Kier molecular flexibility index (Phi) is 3.23. The summed E-state index contributed by atoms with van der Waals surface area (Å²) in [4.78, 5) is 18.7. The van der Waals surface area contributed by atoms with E-state index >= 15 is 0 Å². The first-order chi connectivity index (χ1) is 12.1. The molecule has 0 radical (unpaired) electrons. The van der Waals surface area contributed by atoms with Crippen LogP contribution in [0.3, 0.4) is 0 Å². The van der Waals surface area contributed by atoms with E-state index in [4.69, 9.17) is 0 Å². The highest BCUT2D eigenvalue weighted by atomic mass is 16.3. The van der Waals surface area contributed by atoms with Crippen molar-refractivity contribution in [2.24, 2.45) is 22.9 Å². The minimum Gasteiger partial charge on any atom is -0.390 e. The lowest BCUT2D eigenvalue weighted by Crippen LogP contribution is -2.59. The Morgan fingerprint density at radius 1 is 1.36 bits per heavy atom. The van der Waals surface area contributed by atoms with Gasteiger partial charge < -0.3 is 15.4 Å².